The maximum Gasteiger partial charge on any atom is 0.325 e. The number of aliphatic hydroxyl groups excluding tert-OH is 3. The SMILES string of the molecule is O=CN(O)C[C@@H](O)[C@@H](O)[C@H](O)CCP(=O)(O)O. The van der Waals surface area contributed by atoms with Crippen LogP contribution in [0.4, 0.5) is 0 Å². The van der Waals surface area contributed by atoms with E-state index in [0.717, 1.165) is 0 Å². The Labute approximate surface area is 97.0 Å². The Morgan fingerprint density at radius 3 is 2.12 bits per heavy atom. The minimum absolute atomic E-state index is 0.00202. The minimum atomic E-state index is -4.29. The highest BCUT2D eigenvalue weighted by Gasteiger charge is 2.27. The summed E-state index contributed by atoms with van der Waals surface area (Å²) < 4.78 is 10.5. The summed E-state index contributed by atoms with van der Waals surface area (Å²) in [5.74, 6) is 0. The fraction of sp³-hybridized carbons (Fsp3) is 0.857. The fourth-order valence-corrected chi connectivity index (χ4v) is 1.67. The van der Waals surface area contributed by atoms with Crippen molar-refractivity contribution in [1.29, 1.82) is 0 Å². The van der Waals surface area contributed by atoms with Crippen molar-refractivity contribution in [3.63, 3.8) is 0 Å². The standard InChI is InChI=1S/C7H16NO8P/c9-4-8(13)3-6(11)7(12)5(10)1-2-17(14,15)16/h4-7,10-13H,1-3H2,(H2,14,15,16)/t5-,6-,7+/m1/s1. The average molecular weight is 273 g/mol. The Morgan fingerprint density at radius 2 is 1.71 bits per heavy atom. The zero-order valence-electron chi connectivity index (χ0n) is 8.82. The van der Waals surface area contributed by atoms with Gasteiger partial charge in [-0.05, 0) is 6.42 Å². The summed E-state index contributed by atoms with van der Waals surface area (Å²) >= 11 is 0. The molecule has 0 saturated carbocycles. The van der Waals surface area contributed by atoms with E-state index in [4.69, 9.17) is 15.0 Å². The van der Waals surface area contributed by atoms with Crippen molar-refractivity contribution in [3.05, 3.63) is 0 Å². The third kappa shape index (κ3) is 7.40. The summed E-state index contributed by atoms with van der Waals surface area (Å²) in [4.78, 5) is 27.1. The normalized spacial score (nSPS) is 17.3. The number of hydrogen-bond acceptors (Lipinski definition) is 6. The van der Waals surface area contributed by atoms with Gasteiger partial charge in [-0.15, -0.1) is 0 Å². The minimum Gasteiger partial charge on any atom is -0.390 e. The van der Waals surface area contributed by atoms with Gasteiger partial charge in [-0.3, -0.25) is 14.6 Å². The molecule has 0 unspecified atom stereocenters. The van der Waals surface area contributed by atoms with Gasteiger partial charge < -0.3 is 25.1 Å². The van der Waals surface area contributed by atoms with Crippen LogP contribution in [-0.2, 0) is 9.36 Å². The second-order valence-corrected chi connectivity index (χ2v) is 5.31. The molecule has 0 rings (SSSR count). The molecule has 0 heterocycles. The predicted molar refractivity (Wildman–Crippen MR) is 54.1 cm³/mol. The highest BCUT2D eigenvalue weighted by molar-refractivity contribution is 7.51. The van der Waals surface area contributed by atoms with E-state index in [-0.39, 0.29) is 11.5 Å². The Morgan fingerprint density at radius 1 is 1.18 bits per heavy atom. The third-order valence-corrected chi connectivity index (χ3v) is 2.84. The van der Waals surface area contributed by atoms with Gasteiger partial charge in [-0.25, -0.2) is 5.06 Å². The van der Waals surface area contributed by atoms with E-state index in [1.807, 2.05) is 0 Å². The molecule has 102 valence electrons. The quantitative estimate of drug-likeness (QED) is 0.122. The molecule has 0 aromatic carbocycles. The van der Waals surface area contributed by atoms with Crippen molar-refractivity contribution >= 4 is 14.0 Å². The molecule has 0 aromatic heterocycles. The van der Waals surface area contributed by atoms with Gasteiger partial charge in [0.25, 0.3) is 0 Å². The van der Waals surface area contributed by atoms with Crippen molar-refractivity contribution in [1.82, 2.24) is 5.06 Å². The topological polar surface area (TPSA) is 159 Å². The lowest BCUT2D eigenvalue weighted by atomic mass is 10.1. The zero-order valence-corrected chi connectivity index (χ0v) is 9.72. The first-order chi connectivity index (χ1) is 7.67. The van der Waals surface area contributed by atoms with Crippen LogP contribution >= 0.6 is 7.60 Å². The molecular weight excluding hydrogens is 257 g/mol. The van der Waals surface area contributed by atoms with E-state index in [2.05, 4.69) is 0 Å². The lowest BCUT2D eigenvalue weighted by Gasteiger charge is -2.24. The first-order valence-corrected chi connectivity index (χ1v) is 6.46. The molecular formula is C7H16NO8P. The Hall–Kier alpha value is -0.540. The smallest absolute Gasteiger partial charge is 0.325 e. The van der Waals surface area contributed by atoms with Crippen LogP contribution in [-0.4, -0.2) is 72.8 Å². The van der Waals surface area contributed by atoms with Crippen molar-refractivity contribution in [2.24, 2.45) is 0 Å². The van der Waals surface area contributed by atoms with Gasteiger partial charge >= 0.3 is 7.60 Å². The summed E-state index contributed by atoms with van der Waals surface area (Å²) in [5, 5.41) is 36.6. The molecule has 9 nitrogen and oxygen atoms in total. The highest BCUT2D eigenvalue weighted by atomic mass is 31.2. The summed E-state index contributed by atoms with van der Waals surface area (Å²) in [6.45, 7) is -0.627. The van der Waals surface area contributed by atoms with E-state index in [9.17, 15) is 24.7 Å². The molecule has 0 aliphatic carbocycles. The number of aliphatic hydroxyl groups is 3. The van der Waals surface area contributed by atoms with E-state index < -0.39 is 45.0 Å². The summed E-state index contributed by atoms with van der Waals surface area (Å²) in [5.41, 5.74) is 0. The molecule has 0 spiro atoms. The molecule has 0 fully saturated rings. The molecule has 10 heteroatoms. The van der Waals surface area contributed by atoms with Crippen LogP contribution < -0.4 is 0 Å². The van der Waals surface area contributed by atoms with Crippen LogP contribution in [0.25, 0.3) is 0 Å². The van der Waals surface area contributed by atoms with Gasteiger partial charge in [0.2, 0.25) is 6.41 Å². The number of carbonyl (C=O) groups is 1. The van der Waals surface area contributed by atoms with Crippen LogP contribution in [0.2, 0.25) is 0 Å². The molecule has 0 bridgehead atoms. The molecule has 3 atom stereocenters. The van der Waals surface area contributed by atoms with E-state index in [1.165, 1.54) is 0 Å². The Balaban J connectivity index is 4.15. The molecule has 0 aliphatic heterocycles. The number of hydroxylamine groups is 2. The molecule has 0 radical (unpaired) electrons. The molecule has 1 amide bonds. The Bertz CT molecular complexity index is 281. The molecule has 0 aliphatic rings. The van der Waals surface area contributed by atoms with Crippen LogP contribution in [0.15, 0.2) is 0 Å². The maximum absolute atomic E-state index is 10.5. The van der Waals surface area contributed by atoms with Gasteiger partial charge in [0, 0.05) is 0 Å². The number of amides is 1. The molecule has 17 heavy (non-hydrogen) atoms. The van der Waals surface area contributed by atoms with Crippen molar-refractivity contribution in [2.75, 3.05) is 12.7 Å². The summed E-state index contributed by atoms with van der Waals surface area (Å²) in [6, 6.07) is 0. The monoisotopic (exact) mass is 273 g/mol. The molecule has 0 aromatic rings. The van der Waals surface area contributed by atoms with E-state index in [0.29, 0.717) is 0 Å². The van der Waals surface area contributed by atoms with E-state index >= 15 is 0 Å². The fourth-order valence-electron chi connectivity index (χ4n) is 1.07. The lowest BCUT2D eigenvalue weighted by Crippen LogP contribution is -2.43. The first-order valence-electron chi connectivity index (χ1n) is 4.67. The second kappa shape index (κ2) is 7.02. The summed E-state index contributed by atoms with van der Waals surface area (Å²) in [7, 11) is -4.29. The van der Waals surface area contributed by atoms with Gasteiger partial charge in [0.1, 0.15) is 12.2 Å². The number of hydrogen-bond donors (Lipinski definition) is 6. The lowest BCUT2D eigenvalue weighted by molar-refractivity contribution is -0.163. The largest absolute Gasteiger partial charge is 0.390 e. The molecule has 0 saturated heterocycles. The van der Waals surface area contributed by atoms with Crippen LogP contribution in [0.5, 0.6) is 0 Å². The third-order valence-electron chi connectivity index (χ3n) is 2.00. The Kier molecular flexibility index (Phi) is 6.80. The molecule has 6 N–H and O–H groups in total. The number of carbonyl (C=O) groups excluding carboxylic acids is 1. The average Bonchev–Trinajstić information content (AvgIpc) is 2.23. The van der Waals surface area contributed by atoms with Gasteiger partial charge in [0.05, 0.1) is 18.8 Å². The number of rotatable bonds is 8. The van der Waals surface area contributed by atoms with Gasteiger partial charge in [-0.2, -0.15) is 0 Å². The first kappa shape index (κ1) is 16.5. The van der Waals surface area contributed by atoms with Crippen LogP contribution in [0, 0.1) is 0 Å². The van der Waals surface area contributed by atoms with Crippen molar-refractivity contribution < 1.29 is 39.7 Å². The maximum atomic E-state index is 10.5. The van der Waals surface area contributed by atoms with E-state index in [1.54, 1.807) is 0 Å². The number of nitrogens with zero attached hydrogens (tertiary/aromatic N) is 1. The second-order valence-electron chi connectivity index (χ2n) is 3.53. The summed E-state index contributed by atoms with van der Waals surface area (Å²) in [6.07, 6.45) is -5.99. The van der Waals surface area contributed by atoms with Gasteiger partial charge in [-0.1, -0.05) is 0 Å². The van der Waals surface area contributed by atoms with Crippen LogP contribution in [0.1, 0.15) is 6.42 Å². The van der Waals surface area contributed by atoms with Crippen molar-refractivity contribution in [3.8, 4) is 0 Å². The predicted octanol–water partition coefficient (Wildman–Crippen LogP) is -2.52. The zero-order chi connectivity index (χ0) is 13.6. The van der Waals surface area contributed by atoms with Crippen LogP contribution in [0.3, 0.4) is 0 Å². The van der Waals surface area contributed by atoms with Crippen molar-refractivity contribution in [2.45, 2.75) is 24.7 Å². The van der Waals surface area contributed by atoms with Gasteiger partial charge in [0.15, 0.2) is 0 Å². The highest BCUT2D eigenvalue weighted by Crippen LogP contribution is 2.35.